The molecular weight excluding hydrogens is 384 g/mol. The smallest absolute Gasteiger partial charge is 0.335 e. The van der Waals surface area contributed by atoms with Crippen LogP contribution in [0.1, 0.15) is 30.5 Å². The number of ether oxygens (including phenoxy) is 2. The van der Waals surface area contributed by atoms with Crippen molar-refractivity contribution in [2.24, 2.45) is 0 Å². The third-order valence-corrected chi connectivity index (χ3v) is 4.73. The van der Waals surface area contributed by atoms with Crippen LogP contribution < -0.4 is 19.7 Å². The van der Waals surface area contributed by atoms with Crippen LogP contribution in [-0.4, -0.2) is 31.1 Å². The van der Waals surface area contributed by atoms with Crippen molar-refractivity contribution in [2.45, 2.75) is 27.7 Å². The summed E-state index contributed by atoms with van der Waals surface area (Å²) >= 11 is 0. The number of amides is 4. The second-order valence-corrected chi connectivity index (χ2v) is 6.80. The summed E-state index contributed by atoms with van der Waals surface area (Å²) in [5, 5.41) is 2.24. The van der Waals surface area contributed by atoms with Gasteiger partial charge in [-0.15, -0.1) is 0 Å². The van der Waals surface area contributed by atoms with Crippen molar-refractivity contribution in [3.05, 3.63) is 58.7 Å². The maximum atomic E-state index is 13.0. The zero-order chi connectivity index (χ0) is 21.8. The fourth-order valence-corrected chi connectivity index (χ4v) is 3.08. The highest BCUT2D eigenvalue weighted by atomic mass is 16.5. The first-order valence-corrected chi connectivity index (χ1v) is 9.74. The van der Waals surface area contributed by atoms with Gasteiger partial charge in [0.25, 0.3) is 11.8 Å². The predicted octanol–water partition coefficient (Wildman–Crippen LogP) is 3.77. The van der Waals surface area contributed by atoms with Gasteiger partial charge in [0.2, 0.25) is 0 Å². The third-order valence-electron chi connectivity index (χ3n) is 4.73. The maximum Gasteiger partial charge on any atom is 0.335 e. The summed E-state index contributed by atoms with van der Waals surface area (Å²) in [7, 11) is 0. The molecule has 2 aromatic rings. The summed E-state index contributed by atoms with van der Waals surface area (Å²) in [6, 6.07) is 9.61. The summed E-state index contributed by atoms with van der Waals surface area (Å²) in [4.78, 5) is 38.8. The number of hydrogen-bond donors (Lipinski definition) is 1. The molecule has 2 aromatic carbocycles. The van der Waals surface area contributed by atoms with E-state index >= 15 is 0 Å². The van der Waals surface area contributed by atoms with Crippen LogP contribution >= 0.6 is 0 Å². The summed E-state index contributed by atoms with van der Waals surface area (Å²) in [6.07, 6.45) is 1.44. The molecule has 0 radical (unpaired) electrons. The molecule has 1 aliphatic rings. The van der Waals surface area contributed by atoms with Gasteiger partial charge < -0.3 is 9.47 Å². The lowest BCUT2D eigenvalue weighted by Crippen LogP contribution is -2.54. The van der Waals surface area contributed by atoms with Crippen molar-refractivity contribution in [3.8, 4) is 11.5 Å². The van der Waals surface area contributed by atoms with E-state index in [1.54, 1.807) is 30.3 Å². The Balaban J connectivity index is 2.00. The Kier molecular flexibility index (Phi) is 6.20. The molecule has 156 valence electrons. The quantitative estimate of drug-likeness (QED) is 0.581. The molecule has 4 amide bonds. The molecule has 0 atom stereocenters. The Hall–Kier alpha value is -3.61. The highest BCUT2D eigenvalue weighted by molar-refractivity contribution is 6.39. The molecule has 0 unspecified atom stereocenters. The average molecular weight is 408 g/mol. The fourth-order valence-electron chi connectivity index (χ4n) is 3.08. The highest BCUT2D eigenvalue weighted by Gasteiger charge is 2.36. The molecule has 1 fully saturated rings. The Morgan fingerprint density at radius 3 is 2.27 bits per heavy atom. The van der Waals surface area contributed by atoms with Crippen LogP contribution in [0.5, 0.6) is 11.5 Å². The van der Waals surface area contributed by atoms with Gasteiger partial charge in [-0.3, -0.25) is 14.9 Å². The SMILES string of the molecule is CCOc1ccc(/C=C2\C(=O)NC(=O)N(c3ccc(C)c(C)c3)C2=O)cc1OCC. The van der Waals surface area contributed by atoms with Gasteiger partial charge in [-0.2, -0.15) is 0 Å². The van der Waals surface area contributed by atoms with Crippen LogP contribution in [0.25, 0.3) is 6.08 Å². The Bertz CT molecular complexity index is 1040. The lowest BCUT2D eigenvalue weighted by atomic mass is 10.0. The van der Waals surface area contributed by atoms with Crippen molar-refractivity contribution >= 4 is 29.6 Å². The number of nitrogens with one attached hydrogen (secondary N) is 1. The molecule has 0 bridgehead atoms. The summed E-state index contributed by atoms with van der Waals surface area (Å²) < 4.78 is 11.1. The molecule has 3 rings (SSSR count). The van der Waals surface area contributed by atoms with E-state index in [1.165, 1.54) is 6.08 Å². The van der Waals surface area contributed by atoms with Gasteiger partial charge in [-0.05, 0) is 74.7 Å². The topological polar surface area (TPSA) is 84.9 Å². The average Bonchev–Trinajstić information content (AvgIpc) is 2.70. The third kappa shape index (κ3) is 4.20. The van der Waals surface area contributed by atoms with Crippen LogP contribution in [0, 0.1) is 13.8 Å². The lowest BCUT2D eigenvalue weighted by Gasteiger charge is -2.27. The predicted molar refractivity (Wildman–Crippen MR) is 114 cm³/mol. The second kappa shape index (κ2) is 8.82. The van der Waals surface area contributed by atoms with Crippen LogP contribution in [0.4, 0.5) is 10.5 Å². The molecule has 7 heteroatoms. The zero-order valence-electron chi connectivity index (χ0n) is 17.4. The first kappa shape index (κ1) is 21.1. The Labute approximate surface area is 175 Å². The number of nitrogens with zero attached hydrogens (tertiary/aromatic N) is 1. The molecule has 1 heterocycles. The molecule has 0 saturated carbocycles. The van der Waals surface area contributed by atoms with E-state index in [2.05, 4.69) is 5.32 Å². The second-order valence-electron chi connectivity index (χ2n) is 6.80. The van der Waals surface area contributed by atoms with Crippen LogP contribution in [0.2, 0.25) is 0 Å². The van der Waals surface area contributed by atoms with Gasteiger partial charge in [0.15, 0.2) is 11.5 Å². The molecular formula is C23H24N2O5. The highest BCUT2D eigenvalue weighted by Crippen LogP contribution is 2.30. The van der Waals surface area contributed by atoms with Crippen molar-refractivity contribution in [2.75, 3.05) is 18.1 Å². The summed E-state index contributed by atoms with van der Waals surface area (Å²) in [6.45, 7) is 8.47. The van der Waals surface area contributed by atoms with E-state index in [9.17, 15) is 14.4 Å². The van der Waals surface area contributed by atoms with Crippen molar-refractivity contribution in [1.82, 2.24) is 5.32 Å². The number of rotatable bonds is 6. The summed E-state index contributed by atoms with van der Waals surface area (Å²) in [5.41, 5.74) is 2.81. The van der Waals surface area contributed by atoms with Gasteiger partial charge in [-0.1, -0.05) is 12.1 Å². The van der Waals surface area contributed by atoms with Crippen LogP contribution in [-0.2, 0) is 9.59 Å². The number of aryl methyl sites for hydroxylation is 2. The minimum absolute atomic E-state index is 0.139. The fraction of sp³-hybridized carbons (Fsp3) is 0.261. The van der Waals surface area contributed by atoms with E-state index in [0.717, 1.165) is 16.0 Å². The van der Waals surface area contributed by atoms with Crippen molar-refractivity contribution in [3.63, 3.8) is 0 Å². The minimum Gasteiger partial charge on any atom is -0.490 e. The van der Waals surface area contributed by atoms with Gasteiger partial charge in [0.05, 0.1) is 18.9 Å². The first-order chi connectivity index (χ1) is 14.3. The molecule has 0 aliphatic carbocycles. The molecule has 0 aromatic heterocycles. The van der Waals surface area contributed by atoms with Gasteiger partial charge in [-0.25, -0.2) is 9.69 Å². The number of carbonyl (C=O) groups is 3. The van der Waals surface area contributed by atoms with E-state index < -0.39 is 17.8 Å². The van der Waals surface area contributed by atoms with Crippen molar-refractivity contribution in [1.29, 1.82) is 0 Å². The Morgan fingerprint density at radius 2 is 1.60 bits per heavy atom. The Morgan fingerprint density at radius 1 is 0.900 bits per heavy atom. The molecule has 7 nitrogen and oxygen atoms in total. The number of barbiturate groups is 1. The molecule has 0 spiro atoms. The van der Waals surface area contributed by atoms with Crippen LogP contribution in [0.15, 0.2) is 42.0 Å². The maximum absolute atomic E-state index is 13.0. The normalized spacial score (nSPS) is 15.4. The zero-order valence-corrected chi connectivity index (χ0v) is 17.4. The summed E-state index contributed by atoms with van der Waals surface area (Å²) in [5.74, 6) is -0.330. The molecule has 1 aliphatic heterocycles. The molecule has 1 saturated heterocycles. The number of imide groups is 2. The standard InChI is InChI=1S/C23H24N2O5/c1-5-29-19-10-8-16(13-20(19)30-6-2)12-18-21(26)24-23(28)25(22(18)27)17-9-7-14(3)15(4)11-17/h7-13H,5-6H2,1-4H3,(H,24,26,28)/b18-12+. The molecule has 1 N–H and O–H groups in total. The number of anilines is 1. The molecule has 30 heavy (non-hydrogen) atoms. The van der Waals surface area contributed by atoms with Gasteiger partial charge in [0.1, 0.15) is 5.57 Å². The minimum atomic E-state index is -0.771. The van der Waals surface area contributed by atoms with Crippen molar-refractivity contribution < 1.29 is 23.9 Å². The monoisotopic (exact) mass is 408 g/mol. The van der Waals surface area contributed by atoms with E-state index in [4.69, 9.17) is 9.47 Å². The number of hydrogen-bond acceptors (Lipinski definition) is 5. The lowest BCUT2D eigenvalue weighted by molar-refractivity contribution is -0.122. The van der Waals surface area contributed by atoms with Crippen LogP contribution in [0.3, 0.4) is 0 Å². The van der Waals surface area contributed by atoms with E-state index in [1.807, 2.05) is 33.8 Å². The number of carbonyl (C=O) groups excluding carboxylic acids is 3. The van der Waals surface area contributed by atoms with E-state index in [-0.39, 0.29) is 5.57 Å². The van der Waals surface area contributed by atoms with E-state index in [0.29, 0.717) is 36.0 Å². The van der Waals surface area contributed by atoms with Gasteiger partial charge in [0, 0.05) is 0 Å². The number of benzene rings is 2. The first-order valence-electron chi connectivity index (χ1n) is 9.74. The largest absolute Gasteiger partial charge is 0.490 e. The number of urea groups is 1. The van der Waals surface area contributed by atoms with Gasteiger partial charge >= 0.3 is 6.03 Å².